The molecule has 7 heteroatoms. The molecular formula is C14H19BrN2O3S. The first-order valence-electron chi connectivity index (χ1n) is 6.76. The SMILES string of the molecule is CC(C)C1(CNC(=O)c2ccc(Br)c(S(N)(=O)=O)c2)CC1. The lowest BCUT2D eigenvalue weighted by Gasteiger charge is -2.20. The summed E-state index contributed by atoms with van der Waals surface area (Å²) in [5, 5.41) is 8.02. The van der Waals surface area contributed by atoms with Crippen LogP contribution in [0.15, 0.2) is 27.6 Å². The van der Waals surface area contributed by atoms with Gasteiger partial charge in [0.2, 0.25) is 10.0 Å². The van der Waals surface area contributed by atoms with E-state index < -0.39 is 10.0 Å². The maximum atomic E-state index is 12.2. The maximum Gasteiger partial charge on any atom is 0.251 e. The fourth-order valence-corrected chi connectivity index (χ4v) is 3.89. The van der Waals surface area contributed by atoms with Crippen molar-refractivity contribution in [1.29, 1.82) is 0 Å². The molecule has 1 aliphatic rings. The van der Waals surface area contributed by atoms with E-state index in [-0.39, 0.29) is 16.2 Å². The number of primary sulfonamides is 1. The number of nitrogens with one attached hydrogen (secondary N) is 1. The number of rotatable bonds is 5. The third-order valence-corrected chi connectivity index (χ3v) is 6.12. The smallest absolute Gasteiger partial charge is 0.251 e. The summed E-state index contributed by atoms with van der Waals surface area (Å²) in [5.41, 5.74) is 0.495. The summed E-state index contributed by atoms with van der Waals surface area (Å²) < 4.78 is 23.3. The van der Waals surface area contributed by atoms with Crippen molar-refractivity contribution in [2.75, 3.05) is 6.54 Å². The van der Waals surface area contributed by atoms with Crippen LogP contribution >= 0.6 is 15.9 Å². The van der Waals surface area contributed by atoms with E-state index in [4.69, 9.17) is 5.14 Å². The van der Waals surface area contributed by atoms with Gasteiger partial charge in [0.1, 0.15) is 0 Å². The standard InChI is InChI=1S/C14H19BrN2O3S/c1-9(2)14(5-6-14)8-17-13(18)10-3-4-11(15)12(7-10)21(16,19)20/h3-4,7,9H,5-6,8H2,1-2H3,(H,17,18)(H2,16,19,20). The fraction of sp³-hybridized carbons (Fsp3) is 0.500. The predicted molar refractivity (Wildman–Crippen MR) is 84.4 cm³/mol. The summed E-state index contributed by atoms with van der Waals surface area (Å²) >= 11 is 3.12. The molecule has 0 bridgehead atoms. The molecule has 0 saturated heterocycles. The number of amides is 1. The minimum absolute atomic E-state index is 0.0832. The molecule has 0 radical (unpaired) electrons. The summed E-state index contributed by atoms with van der Waals surface area (Å²) in [5.74, 6) is 0.238. The Morgan fingerprint density at radius 1 is 1.43 bits per heavy atom. The topological polar surface area (TPSA) is 89.3 Å². The lowest BCUT2D eigenvalue weighted by molar-refractivity contribution is 0.0939. The Balaban J connectivity index is 2.14. The van der Waals surface area contributed by atoms with Crippen LogP contribution in [-0.2, 0) is 10.0 Å². The molecule has 1 fully saturated rings. The quantitative estimate of drug-likeness (QED) is 0.827. The van der Waals surface area contributed by atoms with Gasteiger partial charge in [-0.2, -0.15) is 0 Å². The Morgan fingerprint density at radius 2 is 2.05 bits per heavy atom. The van der Waals surface area contributed by atoms with Crippen LogP contribution in [0.25, 0.3) is 0 Å². The molecule has 0 heterocycles. The summed E-state index contributed by atoms with van der Waals surface area (Å²) in [4.78, 5) is 12.1. The molecule has 21 heavy (non-hydrogen) atoms. The van der Waals surface area contributed by atoms with Crippen LogP contribution < -0.4 is 10.5 Å². The third kappa shape index (κ3) is 3.64. The van der Waals surface area contributed by atoms with Crippen molar-refractivity contribution in [3.8, 4) is 0 Å². The van der Waals surface area contributed by atoms with Crippen molar-refractivity contribution in [3.05, 3.63) is 28.2 Å². The van der Waals surface area contributed by atoms with Crippen molar-refractivity contribution in [1.82, 2.24) is 5.32 Å². The van der Waals surface area contributed by atoms with Gasteiger partial charge in [0.15, 0.2) is 0 Å². The van der Waals surface area contributed by atoms with Crippen LogP contribution in [0.5, 0.6) is 0 Å². The highest BCUT2D eigenvalue weighted by atomic mass is 79.9. The first-order chi connectivity index (χ1) is 9.66. The Kier molecular flexibility index (Phi) is 4.46. The Labute approximate surface area is 133 Å². The summed E-state index contributed by atoms with van der Waals surface area (Å²) in [6.45, 7) is 4.92. The first-order valence-corrected chi connectivity index (χ1v) is 9.10. The number of hydrogen-bond acceptors (Lipinski definition) is 3. The monoisotopic (exact) mass is 374 g/mol. The van der Waals surface area contributed by atoms with Crippen molar-refractivity contribution in [2.24, 2.45) is 16.5 Å². The molecule has 3 N–H and O–H groups in total. The first kappa shape index (κ1) is 16.5. The molecule has 2 rings (SSSR count). The van der Waals surface area contributed by atoms with Gasteiger partial charge in [0.05, 0.1) is 4.90 Å². The number of carbonyl (C=O) groups excluding carboxylic acids is 1. The van der Waals surface area contributed by atoms with Crippen LogP contribution in [0.4, 0.5) is 0 Å². The zero-order chi connectivity index (χ0) is 15.8. The number of sulfonamides is 1. The molecule has 1 aromatic rings. The lowest BCUT2D eigenvalue weighted by atomic mass is 9.92. The molecule has 0 aliphatic heterocycles. The average Bonchev–Trinajstić information content (AvgIpc) is 3.16. The molecule has 0 atom stereocenters. The zero-order valence-corrected chi connectivity index (χ0v) is 14.4. The highest BCUT2D eigenvalue weighted by Crippen LogP contribution is 2.51. The average molecular weight is 375 g/mol. The second-order valence-electron chi connectivity index (χ2n) is 5.89. The van der Waals surface area contributed by atoms with Crippen LogP contribution in [0, 0.1) is 11.3 Å². The number of hydrogen-bond donors (Lipinski definition) is 2. The molecule has 0 aromatic heterocycles. The van der Waals surface area contributed by atoms with Crippen molar-refractivity contribution < 1.29 is 13.2 Å². The number of halogens is 1. The molecule has 116 valence electrons. The van der Waals surface area contributed by atoms with Gasteiger partial charge in [-0.3, -0.25) is 4.79 Å². The summed E-state index contributed by atoms with van der Waals surface area (Å²) in [6, 6.07) is 4.39. The predicted octanol–water partition coefficient (Wildman–Crippen LogP) is 2.26. The van der Waals surface area contributed by atoms with E-state index in [1.165, 1.54) is 12.1 Å². The number of carbonyl (C=O) groups is 1. The maximum absolute atomic E-state index is 12.2. The fourth-order valence-electron chi connectivity index (χ4n) is 2.34. The van der Waals surface area contributed by atoms with E-state index in [2.05, 4.69) is 35.1 Å². The normalized spacial score (nSPS) is 16.8. The van der Waals surface area contributed by atoms with Gasteiger partial charge in [-0.05, 0) is 58.3 Å². The van der Waals surface area contributed by atoms with E-state index >= 15 is 0 Å². The van der Waals surface area contributed by atoms with Gasteiger partial charge in [-0.25, -0.2) is 13.6 Å². The van der Waals surface area contributed by atoms with Crippen LogP contribution in [0.1, 0.15) is 37.0 Å². The molecule has 0 spiro atoms. The van der Waals surface area contributed by atoms with Crippen molar-refractivity contribution >= 4 is 31.9 Å². The van der Waals surface area contributed by atoms with Gasteiger partial charge in [-0.15, -0.1) is 0 Å². The summed E-state index contributed by atoms with van der Waals surface area (Å²) in [6.07, 6.45) is 2.24. The summed E-state index contributed by atoms with van der Waals surface area (Å²) in [7, 11) is -3.86. The van der Waals surface area contributed by atoms with E-state index in [9.17, 15) is 13.2 Å². The Hall–Kier alpha value is -0.920. The third-order valence-electron chi connectivity index (χ3n) is 4.22. The minimum atomic E-state index is -3.86. The van der Waals surface area contributed by atoms with Crippen molar-refractivity contribution in [3.63, 3.8) is 0 Å². The highest BCUT2D eigenvalue weighted by Gasteiger charge is 2.45. The molecule has 5 nitrogen and oxygen atoms in total. The van der Waals surface area contributed by atoms with E-state index in [0.29, 0.717) is 22.5 Å². The largest absolute Gasteiger partial charge is 0.351 e. The second kappa shape index (κ2) is 5.70. The number of benzene rings is 1. The second-order valence-corrected chi connectivity index (χ2v) is 8.27. The minimum Gasteiger partial charge on any atom is -0.351 e. The molecule has 0 unspecified atom stereocenters. The molecule has 1 saturated carbocycles. The van der Waals surface area contributed by atoms with E-state index in [1.54, 1.807) is 6.07 Å². The molecule has 1 amide bonds. The Morgan fingerprint density at radius 3 is 2.52 bits per heavy atom. The van der Waals surface area contributed by atoms with Gasteiger partial charge in [0, 0.05) is 16.6 Å². The lowest BCUT2D eigenvalue weighted by Crippen LogP contribution is -2.32. The van der Waals surface area contributed by atoms with Gasteiger partial charge in [-0.1, -0.05) is 13.8 Å². The van der Waals surface area contributed by atoms with E-state index in [1.807, 2.05) is 0 Å². The van der Waals surface area contributed by atoms with Gasteiger partial charge in [0.25, 0.3) is 5.91 Å². The molecule has 1 aliphatic carbocycles. The van der Waals surface area contributed by atoms with Gasteiger partial charge < -0.3 is 5.32 Å². The zero-order valence-electron chi connectivity index (χ0n) is 12.0. The van der Waals surface area contributed by atoms with Crippen LogP contribution in [0.3, 0.4) is 0 Å². The number of nitrogens with two attached hydrogens (primary N) is 1. The molecule has 1 aromatic carbocycles. The van der Waals surface area contributed by atoms with Crippen LogP contribution in [-0.4, -0.2) is 20.9 Å². The Bertz CT molecular complexity index is 667. The molecular weight excluding hydrogens is 356 g/mol. The highest BCUT2D eigenvalue weighted by molar-refractivity contribution is 9.10. The van der Waals surface area contributed by atoms with Crippen molar-refractivity contribution in [2.45, 2.75) is 31.6 Å². The van der Waals surface area contributed by atoms with Gasteiger partial charge >= 0.3 is 0 Å². The van der Waals surface area contributed by atoms with E-state index in [0.717, 1.165) is 12.8 Å². The van der Waals surface area contributed by atoms with Crippen LogP contribution in [0.2, 0.25) is 0 Å².